The molecule has 0 radical (unpaired) electrons. The number of aryl methyl sites for hydroxylation is 1. The van der Waals surface area contributed by atoms with Crippen LogP contribution >= 0.6 is 0 Å². The lowest BCUT2D eigenvalue weighted by Gasteiger charge is -2.01. The highest BCUT2D eigenvalue weighted by Gasteiger charge is 2.04. The van der Waals surface area contributed by atoms with Gasteiger partial charge in [-0.15, -0.1) is 0 Å². The van der Waals surface area contributed by atoms with E-state index >= 15 is 0 Å². The number of nitrogens with zero attached hydrogens (tertiary/aromatic N) is 3. The van der Waals surface area contributed by atoms with E-state index in [0.717, 1.165) is 12.2 Å². The van der Waals surface area contributed by atoms with Crippen LogP contribution in [0.2, 0.25) is 0 Å². The van der Waals surface area contributed by atoms with Gasteiger partial charge in [0.05, 0.1) is 6.54 Å². The standard InChI is InChI=1S/C11H14N4/c1-2-10-13-11(12)15(14-10)8-9-6-4-3-5-7-9/h3-7H,2,8H2,1H3,(H2,12,13,14). The summed E-state index contributed by atoms with van der Waals surface area (Å²) < 4.78 is 1.73. The lowest BCUT2D eigenvalue weighted by Crippen LogP contribution is -2.06. The van der Waals surface area contributed by atoms with Crippen LogP contribution < -0.4 is 5.73 Å². The van der Waals surface area contributed by atoms with E-state index in [1.807, 2.05) is 37.3 Å². The Morgan fingerprint density at radius 3 is 2.60 bits per heavy atom. The van der Waals surface area contributed by atoms with E-state index in [1.165, 1.54) is 5.56 Å². The van der Waals surface area contributed by atoms with E-state index in [2.05, 4.69) is 10.1 Å². The third kappa shape index (κ3) is 2.15. The van der Waals surface area contributed by atoms with E-state index in [4.69, 9.17) is 5.73 Å². The zero-order chi connectivity index (χ0) is 10.7. The van der Waals surface area contributed by atoms with Gasteiger partial charge in [0, 0.05) is 6.42 Å². The van der Waals surface area contributed by atoms with Crippen molar-refractivity contribution in [2.24, 2.45) is 0 Å². The smallest absolute Gasteiger partial charge is 0.219 e. The number of anilines is 1. The second-order valence-corrected chi connectivity index (χ2v) is 3.38. The lowest BCUT2D eigenvalue weighted by molar-refractivity contribution is 0.683. The molecule has 0 aliphatic heterocycles. The van der Waals surface area contributed by atoms with Crippen molar-refractivity contribution < 1.29 is 0 Å². The molecular formula is C11H14N4. The average molecular weight is 202 g/mol. The van der Waals surface area contributed by atoms with E-state index in [9.17, 15) is 0 Å². The Hall–Kier alpha value is -1.84. The molecule has 0 spiro atoms. The second kappa shape index (κ2) is 4.13. The van der Waals surface area contributed by atoms with Crippen LogP contribution in [0.25, 0.3) is 0 Å². The largest absolute Gasteiger partial charge is 0.368 e. The Balaban J connectivity index is 2.21. The topological polar surface area (TPSA) is 56.7 Å². The third-order valence-corrected chi connectivity index (χ3v) is 2.24. The molecule has 4 nitrogen and oxygen atoms in total. The van der Waals surface area contributed by atoms with Crippen LogP contribution in [0, 0.1) is 0 Å². The molecule has 0 aliphatic carbocycles. The van der Waals surface area contributed by atoms with Crippen molar-refractivity contribution in [1.82, 2.24) is 14.8 Å². The SMILES string of the molecule is CCc1nc(N)n(Cc2ccccc2)n1. The van der Waals surface area contributed by atoms with Gasteiger partial charge >= 0.3 is 0 Å². The Morgan fingerprint density at radius 2 is 2.00 bits per heavy atom. The van der Waals surface area contributed by atoms with E-state index in [0.29, 0.717) is 12.5 Å². The first-order valence-corrected chi connectivity index (χ1v) is 5.02. The Labute approximate surface area is 88.8 Å². The molecule has 0 fully saturated rings. The molecule has 2 rings (SSSR count). The lowest BCUT2D eigenvalue weighted by atomic mass is 10.2. The highest BCUT2D eigenvalue weighted by atomic mass is 15.4. The van der Waals surface area contributed by atoms with Crippen LogP contribution in [0.5, 0.6) is 0 Å². The van der Waals surface area contributed by atoms with Crippen molar-refractivity contribution in [1.29, 1.82) is 0 Å². The van der Waals surface area contributed by atoms with Gasteiger partial charge in [0.25, 0.3) is 0 Å². The number of hydrogen-bond donors (Lipinski definition) is 1. The van der Waals surface area contributed by atoms with Gasteiger partial charge in [0.1, 0.15) is 0 Å². The molecule has 0 aliphatic rings. The normalized spacial score (nSPS) is 10.5. The predicted octanol–water partition coefficient (Wildman–Crippen LogP) is 1.47. The molecular weight excluding hydrogens is 188 g/mol. The summed E-state index contributed by atoms with van der Waals surface area (Å²) in [4.78, 5) is 4.15. The van der Waals surface area contributed by atoms with Crippen LogP contribution in [0.3, 0.4) is 0 Å². The summed E-state index contributed by atoms with van der Waals surface area (Å²) in [5, 5.41) is 4.30. The van der Waals surface area contributed by atoms with Crippen molar-refractivity contribution in [3.05, 3.63) is 41.7 Å². The number of nitrogen functional groups attached to an aromatic ring is 1. The molecule has 2 aromatic rings. The number of nitrogens with two attached hydrogens (primary N) is 1. The summed E-state index contributed by atoms with van der Waals surface area (Å²) in [7, 11) is 0. The number of benzene rings is 1. The molecule has 0 amide bonds. The van der Waals surface area contributed by atoms with Crippen molar-refractivity contribution in [3.8, 4) is 0 Å². The first-order chi connectivity index (χ1) is 7.29. The maximum atomic E-state index is 5.75. The summed E-state index contributed by atoms with van der Waals surface area (Å²) in [5.74, 6) is 1.28. The molecule has 0 bridgehead atoms. The first kappa shape index (κ1) is 9.71. The predicted molar refractivity (Wildman–Crippen MR) is 59.4 cm³/mol. The molecule has 15 heavy (non-hydrogen) atoms. The zero-order valence-electron chi connectivity index (χ0n) is 8.72. The number of hydrogen-bond acceptors (Lipinski definition) is 3. The second-order valence-electron chi connectivity index (χ2n) is 3.38. The van der Waals surface area contributed by atoms with Crippen molar-refractivity contribution in [2.75, 3.05) is 5.73 Å². The maximum absolute atomic E-state index is 5.75. The molecule has 78 valence electrons. The molecule has 0 saturated carbocycles. The quantitative estimate of drug-likeness (QED) is 0.820. The first-order valence-electron chi connectivity index (χ1n) is 5.02. The Bertz CT molecular complexity index is 433. The monoisotopic (exact) mass is 202 g/mol. The van der Waals surface area contributed by atoms with E-state index < -0.39 is 0 Å². The van der Waals surface area contributed by atoms with Gasteiger partial charge in [0.15, 0.2) is 5.82 Å². The summed E-state index contributed by atoms with van der Waals surface area (Å²) in [6.07, 6.45) is 0.811. The molecule has 2 N–H and O–H groups in total. The van der Waals surface area contributed by atoms with E-state index in [1.54, 1.807) is 4.68 Å². The highest BCUT2D eigenvalue weighted by Crippen LogP contribution is 2.06. The van der Waals surface area contributed by atoms with Gasteiger partial charge in [-0.05, 0) is 5.56 Å². The van der Waals surface area contributed by atoms with Crippen LogP contribution in [0.15, 0.2) is 30.3 Å². The third-order valence-electron chi connectivity index (χ3n) is 2.24. The van der Waals surface area contributed by atoms with Crippen LogP contribution in [-0.4, -0.2) is 14.8 Å². The number of rotatable bonds is 3. The van der Waals surface area contributed by atoms with Crippen LogP contribution in [0.1, 0.15) is 18.3 Å². The summed E-state index contributed by atoms with van der Waals surface area (Å²) in [6.45, 7) is 2.70. The molecule has 0 unspecified atom stereocenters. The minimum Gasteiger partial charge on any atom is -0.368 e. The van der Waals surface area contributed by atoms with Crippen molar-refractivity contribution >= 4 is 5.95 Å². The highest BCUT2D eigenvalue weighted by molar-refractivity contribution is 5.21. The summed E-state index contributed by atoms with van der Waals surface area (Å²) >= 11 is 0. The molecule has 0 atom stereocenters. The Kier molecular flexibility index (Phi) is 2.67. The fourth-order valence-corrected chi connectivity index (χ4v) is 1.43. The number of aromatic nitrogens is 3. The van der Waals surface area contributed by atoms with Gasteiger partial charge in [-0.2, -0.15) is 10.1 Å². The Morgan fingerprint density at radius 1 is 1.27 bits per heavy atom. The minimum atomic E-state index is 0.482. The van der Waals surface area contributed by atoms with E-state index in [-0.39, 0.29) is 0 Å². The zero-order valence-corrected chi connectivity index (χ0v) is 8.72. The molecule has 1 heterocycles. The van der Waals surface area contributed by atoms with Crippen LogP contribution in [-0.2, 0) is 13.0 Å². The molecule has 1 aromatic carbocycles. The summed E-state index contributed by atoms with van der Waals surface area (Å²) in [6, 6.07) is 10.1. The fraction of sp³-hybridized carbons (Fsp3) is 0.273. The minimum absolute atomic E-state index is 0.482. The van der Waals surface area contributed by atoms with Crippen molar-refractivity contribution in [2.45, 2.75) is 19.9 Å². The van der Waals surface area contributed by atoms with Gasteiger partial charge in [-0.25, -0.2) is 4.68 Å². The van der Waals surface area contributed by atoms with Crippen LogP contribution in [0.4, 0.5) is 5.95 Å². The molecule has 4 heteroatoms. The van der Waals surface area contributed by atoms with Gasteiger partial charge in [0.2, 0.25) is 5.95 Å². The maximum Gasteiger partial charge on any atom is 0.219 e. The molecule has 0 saturated heterocycles. The van der Waals surface area contributed by atoms with Gasteiger partial charge < -0.3 is 5.73 Å². The van der Waals surface area contributed by atoms with Crippen molar-refractivity contribution in [3.63, 3.8) is 0 Å². The average Bonchev–Trinajstić information content (AvgIpc) is 2.61. The summed E-state index contributed by atoms with van der Waals surface area (Å²) in [5.41, 5.74) is 6.93. The molecule has 1 aromatic heterocycles. The fourth-order valence-electron chi connectivity index (χ4n) is 1.43. The van der Waals surface area contributed by atoms with Gasteiger partial charge in [-0.1, -0.05) is 37.3 Å². The van der Waals surface area contributed by atoms with Gasteiger partial charge in [-0.3, -0.25) is 0 Å².